The number of hydrogen-bond donors (Lipinski definition) is 0. The Hall–Kier alpha value is -1.34. The predicted molar refractivity (Wildman–Crippen MR) is 104 cm³/mol. The Morgan fingerprint density at radius 2 is 1.68 bits per heavy atom. The second-order valence-electron chi connectivity index (χ2n) is 8.42. The summed E-state index contributed by atoms with van der Waals surface area (Å²) >= 11 is 0. The fourth-order valence-electron chi connectivity index (χ4n) is 4.27. The summed E-state index contributed by atoms with van der Waals surface area (Å²) in [4.78, 5) is 14.2. The van der Waals surface area contributed by atoms with Crippen LogP contribution in [0.15, 0.2) is 5.11 Å². The Balaban J connectivity index is 2.20. The summed E-state index contributed by atoms with van der Waals surface area (Å²) in [5.41, 5.74) is 8.84. The van der Waals surface area contributed by atoms with Gasteiger partial charge in [-0.15, -0.1) is 0 Å². The van der Waals surface area contributed by atoms with Gasteiger partial charge >= 0.3 is 5.97 Å². The number of ether oxygens (including phenoxy) is 4. The van der Waals surface area contributed by atoms with Crippen molar-refractivity contribution < 1.29 is 23.7 Å². The first kappa shape index (κ1) is 22.9. The molecule has 10 unspecified atom stereocenters. The lowest BCUT2D eigenvalue weighted by atomic mass is 9.78. The van der Waals surface area contributed by atoms with Crippen molar-refractivity contribution in [1.29, 1.82) is 0 Å². The summed E-state index contributed by atoms with van der Waals surface area (Å²) in [6.45, 7) is 14.2. The molecule has 0 spiro atoms. The molecule has 2 saturated heterocycles. The van der Waals surface area contributed by atoms with Crippen LogP contribution in [-0.4, -0.2) is 43.4 Å². The molecule has 0 saturated carbocycles. The molecule has 0 radical (unpaired) electrons. The number of hydrogen-bond acceptors (Lipinski definition) is 6. The number of rotatable bonds is 6. The van der Waals surface area contributed by atoms with E-state index in [1.54, 1.807) is 0 Å². The van der Waals surface area contributed by atoms with Crippen LogP contribution in [0, 0.1) is 29.6 Å². The van der Waals surface area contributed by atoms with E-state index in [2.05, 4.69) is 44.6 Å². The molecular weight excluding hydrogens is 362 g/mol. The highest BCUT2D eigenvalue weighted by Gasteiger charge is 2.46. The zero-order chi connectivity index (χ0) is 21.0. The van der Waals surface area contributed by atoms with Crippen LogP contribution in [0.3, 0.4) is 0 Å². The van der Waals surface area contributed by atoms with Crippen LogP contribution in [0.1, 0.15) is 54.9 Å². The molecule has 2 rings (SSSR count). The van der Waals surface area contributed by atoms with Crippen molar-refractivity contribution in [1.82, 2.24) is 0 Å². The topological polar surface area (TPSA) is 103 Å². The van der Waals surface area contributed by atoms with Gasteiger partial charge in [0, 0.05) is 17.8 Å². The average Bonchev–Trinajstić information content (AvgIpc) is 2.66. The van der Waals surface area contributed by atoms with Gasteiger partial charge in [0.25, 0.3) is 0 Å². The minimum absolute atomic E-state index is 0.0355. The van der Waals surface area contributed by atoms with E-state index in [-0.39, 0.29) is 48.8 Å². The van der Waals surface area contributed by atoms with E-state index < -0.39 is 12.3 Å². The molecule has 0 aromatic heterocycles. The molecule has 0 aliphatic carbocycles. The van der Waals surface area contributed by atoms with E-state index in [9.17, 15) is 4.79 Å². The molecule has 10 atom stereocenters. The van der Waals surface area contributed by atoms with Gasteiger partial charge in [0.05, 0.1) is 12.2 Å². The van der Waals surface area contributed by atoms with Crippen molar-refractivity contribution in [2.24, 2.45) is 34.7 Å². The molecule has 2 heterocycles. The molecule has 8 heteroatoms. The van der Waals surface area contributed by atoms with E-state index in [1.807, 2.05) is 6.92 Å². The van der Waals surface area contributed by atoms with Gasteiger partial charge in [-0.1, -0.05) is 46.7 Å². The van der Waals surface area contributed by atoms with Crippen LogP contribution in [0.2, 0.25) is 0 Å². The van der Waals surface area contributed by atoms with Gasteiger partial charge < -0.3 is 18.9 Å². The van der Waals surface area contributed by atoms with Crippen LogP contribution >= 0.6 is 0 Å². The lowest BCUT2D eigenvalue weighted by molar-refractivity contribution is -0.302. The maximum Gasteiger partial charge on any atom is 0.302 e. The number of carbonyl (C=O) groups excluding carboxylic acids is 1. The van der Waals surface area contributed by atoms with Crippen molar-refractivity contribution in [2.45, 2.75) is 85.7 Å². The molecule has 0 amide bonds. The number of nitrogens with zero attached hydrogens (tertiary/aromatic N) is 3. The maximum atomic E-state index is 11.3. The normalized spacial score (nSPS) is 43.8. The third kappa shape index (κ3) is 4.98. The Morgan fingerprint density at radius 1 is 1.00 bits per heavy atom. The first-order valence-corrected chi connectivity index (χ1v) is 10.3. The summed E-state index contributed by atoms with van der Waals surface area (Å²) < 4.78 is 23.9. The number of azide groups is 1. The van der Waals surface area contributed by atoms with E-state index in [4.69, 9.17) is 24.5 Å². The highest BCUT2D eigenvalue weighted by Crippen LogP contribution is 2.40. The van der Waals surface area contributed by atoms with Crippen LogP contribution in [0.4, 0.5) is 0 Å². The van der Waals surface area contributed by atoms with E-state index >= 15 is 0 Å². The van der Waals surface area contributed by atoms with Gasteiger partial charge in [-0.2, -0.15) is 0 Å². The molecule has 2 fully saturated rings. The summed E-state index contributed by atoms with van der Waals surface area (Å²) in [5.74, 6) is 0.769. The molecule has 28 heavy (non-hydrogen) atoms. The molecule has 160 valence electrons. The van der Waals surface area contributed by atoms with Crippen molar-refractivity contribution >= 4 is 5.97 Å². The zero-order valence-electron chi connectivity index (χ0n) is 18.1. The van der Waals surface area contributed by atoms with Crippen LogP contribution in [0.25, 0.3) is 10.4 Å². The summed E-state index contributed by atoms with van der Waals surface area (Å²) in [5, 5.41) is 3.77. The van der Waals surface area contributed by atoms with Crippen LogP contribution < -0.4 is 0 Å². The smallest absolute Gasteiger partial charge is 0.302 e. The largest absolute Gasteiger partial charge is 0.463 e. The van der Waals surface area contributed by atoms with Crippen molar-refractivity contribution in [3.63, 3.8) is 0 Å². The standard InChI is InChI=1S/C20H35N3O5/c1-8-16-11(3)10(2)14(6)20(27-16)28-18-12(4)13(5)19(22-23-21)26-17(18)9-25-15(7)24/h10-14,16-20H,8-9H2,1-7H3. The molecular formula is C20H35N3O5. The fourth-order valence-corrected chi connectivity index (χ4v) is 4.27. The highest BCUT2D eigenvalue weighted by molar-refractivity contribution is 5.65. The molecule has 2 aliphatic rings. The van der Waals surface area contributed by atoms with Gasteiger partial charge in [-0.3, -0.25) is 4.79 Å². The Bertz CT molecular complexity index is 580. The summed E-state index contributed by atoms with van der Waals surface area (Å²) in [7, 11) is 0. The van der Waals surface area contributed by atoms with Gasteiger partial charge in [0.1, 0.15) is 18.9 Å². The fraction of sp³-hybridized carbons (Fsp3) is 0.950. The van der Waals surface area contributed by atoms with Crippen molar-refractivity contribution in [3.8, 4) is 0 Å². The summed E-state index contributed by atoms with van der Waals surface area (Å²) in [6, 6.07) is 0. The second-order valence-corrected chi connectivity index (χ2v) is 8.42. The molecule has 0 N–H and O–H groups in total. The minimum Gasteiger partial charge on any atom is -0.463 e. The highest BCUT2D eigenvalue weighted by atomic mass is 16.7. The quantitative estimate of drug-likeness (QED) is 0.288. The first-order chi connectivity index (χ1) is 13.2. The SMILES string of the molecule is CCC1OC(OC2C(COC(C)=O)OC(N=[N+]=[N-])C(C)C2C)C(C)C(C)C1C. The zero-order valence-corrected chi connectivity index (χ0v) is 18.1. The van der Waals surface area contributed by atoms with Crippen molar-refractivity contribution in [2.75, 3.05) is 6.61 Å². The van der Waals surface area contributed by atoms with Gasteiger partial charge in [0.2, 0.25) is 0 Å². The second kappa shape index (κ2) is 9.92. The molecule has 0 bridgehead atoms. The molecule has 0 aromatic carbocycles. The van der Waals surface area contributed by atoms with Crippen molar-refractivity contribution in [3.05, 3.63) is 10.4 Å². The average molecular weight is 398 g/mol. The Labute approximate surface area is 167 Å². The monoisotopic (exact) mass is 397 g/mol. The lowest BCUT2D eigenvalue weighted by Crippen LogP contribution is -2.55. The van der Waals surface area contributed by atoms with Gasteiger partial charge in [-0.05, 0) is 35.6 Å². The predicted octanol–water partition coefficient (Wildman–Crippen LogP) is 4.29. The summed E-state index contributed by atoms with van der Waals surface area (Å²) in [6.07, 6.45) is -0.735. The van der Waals surface area contributed by atoms with E-state index in [0.29, 0.717) is 11.8 Å². The van der Waals surface area contributed by atoms with Crippen LogP contribution in [0.5, 0.6) is 0 Å². The number of esters is 1. The maximum absolute atomic E-state index is 11.3. The molecule has 2 aliphatic heterocycles. The minimum atomic E-state index is -0.618. The van der Waals surface area contributed by atoms with Crippen LogP contribution in [-0.2, 0) is 23.7 Å². The van der Waals surface area contributed by atoms with Gasteiger partial charge in [-0.25, -0.2) is 0 Å². The van der Waals surface area contributed by atoms with E-state index in [1.165, 1.54) is 6.92 Å². The Morgan fingerprint density at radius 3 is 2.25 bits per heavy atom. The lowest BCUT2D eigenvalue weighted by Gasteiger charge is -2.48. The van der Waals surface area contributed by atoms with Gasteiger partial charge in [0.15, 0.2) is 6.29 Å². The molecule has 8 nitrogen and oxygen atoms in total. The van der Waals surface area contributed by atoms with E-state index in [0.717, 1.165) is 6.42 Å². The number of carbonyl (C=O) groups is 1. The first-order valence-electron chi connectivity index (χ1n) is 10.3. The third-order valence-electron chi connectivity index (χ3n) is 6.77. The molecule has 0 aromatic rings. The Kier molecular flexibility index (Phi) is 8.13. The third-order valence-corrected chi connectivity index (χ3v) is 6.77.